The van der Waals surface area contributed by atoms with E-state index in [2.05, 4.69) is 10.2 Å². The van der Waals surface area contributed by atoms with Crippen molar-refractivity contribution in [1.29, 1.82) is 0 Å². The number of benzene rings is 1. The van der Waals surface area contributed by atoms with E-state index in [4.69, 9.17) is 16.3 Å². The lowest BCUT2D eigenvalue weighted by molar-refractivity contribution is 0.212. The number of aliphatic hydroxyl groups excluding tert-OH is 1. The zero-order valence-electron chi connectivity index (χ0n) is 11.7. The van der Waals surface area contributed by atoms with Gasteiger partial charge in [-0.1, -0.05) is 18.5 Å². The molecule has 4 nitrogen and oxygen atoms in total. The summed E-state index contributed by atoms with van der Waals surface area (Å²) in [6.07, 6.45) is -0.143. The maximum Gasteiger partial charge on any atom is 0.125 e. The topological polar surface area (TPSA) is 55.2 Å². The number of aliphatic hydroxyl groups is 1. The molecule has 0 aliphatic heterocycles. The molecule has 5 heteroatoms. The van der Waals surface area contributed by atoms with Gasteiger partial charge in [-0.2, -0.15) is 10.2 Å². The van der Waals surface area contributed by atoms with Crippen molar-refractivity contribution in [2.75, 3.05) is 7.11 Å². The third-order valence-corrected chi connectivity index (χ3v) is 3.38. The van der Waals surface area contributed by atoms with E-state index < -0.39 is 6.10 Å². The highest BCUT2D eigenvalue weighted by Gasteiger charge is 2.20. The number of ether oxygens (including phenoxy) is 1. The van der Waals surface area contributed by atoms with E-state index in [0.717, 1.165) is 17.0 Å². The van der Waals surface area contributed by atoms with Gasteiger partial charge in [0.05, 0.1) is 18.5 Å². The Morgan fingerprint density at radius 1 is 1.25 bits per heavy atom. The average molecular weight is 293 g/mol. The molecular formula is C15H17ClN2O2. The summed E-state index contributed by atoms with van der Waals surface area (Å²) >= 11 is 6.02. The molecule has 1 atom stereocenters. The second kappa shape index (κ2) is 6.20. The predicted octanol–water partition coefficient (Wildman–Crippen LogP) is 3.09. The van der Waals surface area contributed by atoms with Crippen molar-refractivity contribution in [2.45, 2.75) is 26.4 Å². The first kappa shape index (κ1) is 14.8. The van der Waals surface area contributed by atoms with Gasteiger partial charge in [-0.05, 0) is 37.6 Å². The van der Waals surface area contributed by atoms with Crippen LogP contribution in [0.4, 0.5) is 0 Å². The molecular weight excluding hydrogens is 276 g/mol. The van der Waals surface area contributed by atoms with Gasteiger partial charge in [-0.3, -0.25) is 0 Å². The van der Waals surface area contributed by atoms with Crippen molar-refractivity contribution in [3.8, 4) is 5.75 Å². The summed E-state index contributed by atoms with van der Waals surface area (Å²) in [5.74, 6) is 0.596. The minimum atomic E-state index is -0.840. The maximum absolute atomic E-state index is 10.7. The molecule has 0 amide bonds. The largest absolute Gasteiger partial charge is 0.496 e. The van der Waals surface area contributed by atoms with Crippen LogP contribution in [0.1, 0.15) is 35.5 Å². The Kier molecular flexibility index (Phi) is 4.57. The predicted molar refractivity (Wildman–Crippen MR) is 78.2 cm³/mol. The first-order valence-electron chi connectivity index (χ1n) is 6.41. The molecule has 0 saturated heterocycles. The fraction of sp³-hybridized carbons (Fsp3) is 0.333. The standard InChI is InChI=1S/C15H17ClN2O2/c1-4-13-11(7-9(2)17-18-13)15(19)12-8-10(16)5-6-14(12)20-3/h5-8,15,19H,4H2,1-3H3. The summed E-state index contributed by atoms with van der Waals surface area (Å²) < 4.78 is 5.29. The molecule has 0 bridgehead atoms. The summed E-state index contributed by atoms with van der Waals surface area (Å²) in [6.45, 7) is 3.82. The number of hydrogen-bond acceptors (Lipinski definition) is 4. The van der Waals surface area contributed by atoms with Crippen LogP contribution in [0.5, 0.6) is 5.75 Å². The second-order valence-electron chi connectivity index (χ2n) is 4.53. The number of hydrogen-bond donors (Lipinski definition) is 1. The highest BCUT2D eigenvalue weighted by Crippen LogP contribution is 2.33. The molecule has 1 unspecified atom stereocenters. The van der Waals surface area contributed by atoms with E-state index in [1.807, 2.05) is 19.9 Å². The number of aryl methyl sites for hydroxylation is 2. The highest BCUT2D eigenvalue weighted by molar-refractivity contribution is 6.30. The molecule has 0 aliphatic carbocycles. The third-order valence-electron chi connectivity index (χ3n) is 3.14. The van der Waals surface area contributed by atoms with Gasteiger partial charge in [0.1, 0.15) is 11.9 Å². The lowest BCUT2D eigenvalue weighted by Gasteiger charge is -2.17. The molecule has 0 fully saturated rings. The summed E-state index contributed by atoms with van der Waals surface area (Å²) in [6, 6.07) is 7.03. The van der Waals surface area contributed by atoms with E-state index in [1.165, 1.54) is 0 Å². The molecule has 2 aromatic rings. The first-order chi connectivity index (χ1) is 9.56. The number of halogens is 1. The van der Waals surface area contributed by atoms with Crippen LogP contribution >= 0.6 is 11.6 Å². The van der Waals surface area contributed by atoms with Crippen LogP contribution in [0.15, 0.2) is 24.3 Å². The molecule has 20 heavy (non-hydrogen) atoms. The molecule has 1 aromatic carbocycles. The third kappa shape index (κ3) is 2.92. The van der Waals surface area contributed by atoms with E-state index in [-0.39, 0.29) is 0 Å². The Morgan fingerprint density at radius 3 is 2.65 bits per heavy atom. The van der Waals surface area contributed by atoms with Gasteiger partial charge in [-0.15, -0.1) is 0 Å². The lowest BCUT2D eigenvalue weighted by Crippen LogP contribution is -2.09. The first-order valence-corrected chi connectivity index (χ1v) is 6.79. The van der Waals surface area contributed by atoms with Gasteiger partial charge in [0.25, 0.3) is 0 Å². The summed E-state index contributed by atoms with van der Waals surface area (Å²) in [5.41, 5.74) is 2.89. The molecule has 0 spiro atoms. The van der Waals surface area contributed by atoms with Gasteiger partial charge in [0, 0.05) is 16.1 Å². The normalized spacial score (nSPS) is 12.2. The second-order valence-corrected chi connectivity index (χ2v) is 4.97. The van der Waals surface area contributed by atoms with E-state index in [9.17, 15) is 5.11 Å². The van der Waals surface area contributed by atoms with Crippen molar-refractivity contribution in [2.24, 2.45) is 0 Å². The van der Waals surface area contributed by atoms with Crippen molar-refractivity contribution < 1.29 is 9.84 Å². The lowest BCUT2D eigenvalue weighted by atomic mass is 9.98. The van der Waals surface area contributed by atoms with Gasteiger partial charge in [0.2, 0.25) is 0 Å². The molecule has 0 saturated carbocycles. The summed E-state index contributed by atoms with van der Waals surface area (Å²) in [5, 5.41) is 19.4. The number of nitrogens with zero attached hydrogens (tertiary/aromatic N) is 2. The monoisotopic (exact) mass is 292 g/mol. The summed E-state index contributed by atoms with van der Waals surface area (Å²) in [7, 11) is 1.57. The van der Waals surface area contributed by atoms with Crippen molar-refractivity contribution in [3.63, 3.8) is 0 Å². The minimum Gasteiger partial charge on any atom is -0.496 e. The van der Waals surface area contributed by atoms with Gasteiger partial charge in [-0.25, -0.2) is 0 Å². The smallest absolute Gasteiger partial charge is 0.125 e. The van der Waals surface area contributed by atoms with Crippen LogP contribution in [0.2, 0.25) is 5.02 Å². The summed E-state index contributed by atoms with van der Waals surface area (Å²) in [4.78, 5) is 0. The zero-order chi connectivity index (χ0) is 14.7. The van der Waals surface area contributed by atoms with Gasteiger partial charge < -0.3 is 9.84 Å². The average Bonchev–Trinajstić information content (AvgIpc) is 2.46. The molecule has 0 aliphatic rings. The fourth-order valence-corrected chi connectivity index (χ4v) is 2.31. The van der Waals surface area contributed by atoms with Crippen LogP contribution in [0, 0.1) is 6.92 Å². The van der Waals surface area contributed by atoms with Crippen molar-refractivity contribution in [3.05, 3.63) is 51.8 Å². The molecule has 1 N–H and O–H groups in total. The van der Waals surface area contributed by atoms with Crippen molar-refractivity contribution in [1.82, 2.24) is 10.2 Å². The number of aromatic nitrogens is 2. The number of rotatable bonds is 4. The van der Waals surface area contributed by atoms with Gasteiger partial charge >= 0.3 is 0 Å². The zero-order valence-corrected chi connectivity index (χ0v) is 12.5. The molecule has 1 aromatic heterocycles. The van der Waals surface area contributed by atoms with E-state index in [1.54, 1.807) is 25.3 Å². The van der Waals surface area contributed by atoms with Crippen LogP contribution in [0.3, 0.4) is 0 Å². The Labute approximate surface area is 123 Å². The molecule has 1 heterocycles. The van der Waals surface area contributed by atoms with Crippen LogP contribution in [-0.2, 0) is 6.42 Å². The van der Waals surface area contributed by atoms with E-state index in [0.29, 0.717) is 22.8 Å². The van der Waals surface area contributed by atoms with Gasteiger partial charge in [0.15, 0.2) is 0 Å². The molecule has 0 radical (unpaired) electrons. The van der Waals surface area contributed by atoms with E-state index >= 15 is 0 Å². The Morgan fingerprint density at radius 2 is 2.00 bits per heavy atom. The van der Waals surface area contributed by atoms with Crippen LogP contribution in [0.25, 0.3) is 0 Å². The van der Waals surface area contributed by atoms with Crippen LogP contribution < -0.4 is 4.74 Å². The Hall–Kier alpha value is -1.65. The molecule has 106 valence electrons. The fourth-order valence-electron chi connectivity index (χ4n) is 2.13. The quantitative estimate of drug-likeness (QED) is 0.941. The highest BCUT2D eigenvalue weighted by atomic mass is 35.5. The molecule has 2 rings (SSSR count). The Bertz CT molecular complexity index is 563. The maximum atomic E-state index is 10.7. The number of methoxy groups -OCH3 is 1. The Balaban J connectivity index is 2.53. The van der Waals surface area contributed by atoms with Crippen molar-refractivity contribution >= 4 is 11.6 Å². The van der Waals surface area contributed by atoms with Crippen LogP contribution in [-0.4, -0.2) is 22.4 Å². The minimum absolute atomic E-state index is 0.552. The SMILES string of the molecule is CCc1nnc(C)cc1C(O)c1cc(Cl)ccc1OC.